The van der Waals surface area contributed by atoms with Crippen LogP contribution in [0.1, 0.15) is 41.7 Å². The van der Waals surface area contributed by atoms with Crippen molar-refractivity contribution in [3.63, 3.8) is 0 Å². The molecule has 3 heterocycles. The molecule has 4 rings (SSSR count). The third kappa shape index (κ3) is 5.59. The first-order valence-corrected chi connectivity index (χ1v) is 11.5. The summed E-state index contributed by atoms with van der Waals surface area (Å²) in [7, 11) is 0. The average Bonchev–Trinajstić information content (AvgIpc) is 3.06. The summed E-state index contributed by atoms with van der Waals surface area (Å²) >= 11 is 1.04. The number of carbonyl (C=O) groups is 2. The summed E-state index contributed by atoms with van der Waals surface area (Å²) in [4.78, 5) is 32.2. The van der Waals surface area contributed by atoms with Crippen LogP contribution in [0.4, 0.5) is 29.3 Å². The number of nitrogen functional groups attached to an aromatic ring is 1. The molecule has 8 nitrogen and oxygen atoms in total. The number of hydrogen-bond donors (Lipinski definition) is 2. The highest BCUT2D eigenvalue weighted by atomic mass is 32.1. The summed E-state index contributed by atoms with van der Waals surface area (Å²) in [5, 5.41) is 2.97. The van der Waals surface area contributed by atoms with Gasteiger partial charge < -0.3 is 25.4 Å². The first kappa shape index (κ1) is 24.6. The number of aromatic nitrogens is 1. The maximum atomic E-state index is 12.9. The Morgan fingerprint density at radius 1 is 1.20 bits per heavy atom. The highest BCUT2D eigenvalue weighted by molar-refractivity contribution is 7.21. The normalized spacial score (nSPS) is 13.9. The highest BCUT2D eigenvalue weighted by Crippen LogP contribution is 2.37. The molecular weight excluding hydrogens is 485 g/mol. The summed E-state index contributed by atoms with van der Waals surface area (Å²) in [6.45, 7) is 6.09. The molecule has 12 heteroatoms. The van der Waals surface area contributed by atoms with E-state index in [0.717, 1.165) is 28.7 Å². The van der Waals surface area contributed by atoms with Gasteiger partial charge in [-0.15, -0.1) is 24.5 Å². The molecule has 0 bridgehead atoms. The standard InChI is InChI=1S/C23H23F3N4O4S/c1-22(2,3)34-21(32)30-9-8-14-12(11-30)10-13-17(27)18(35-20(13)29-14)19(31)28-15-6-4-5-7-16(15)33-23(24,25)26/h4-7,10H,8-9,11,27H2,1-3H3,(H,28,31). The van der Waals surface area contributed by atoms with E-state index in [4.69, 9.17) is 10.5 Å². The zero-order valence-corrected chi connectivity index (χ0v) is 20.0. The van der Waals surface area contributed by atoms with E-state index < -0.39 is 29.7 Å². The molecule has 3 N–H and O–H groups in total. The van der Waals surface area contributed by atoms with Crippen LogP contribution in [0.3, 0.4) is 0 Å². The molecule has 1 aliphatic rings. The van der Waals surface area contributed by atoms with Crippen LogP contribution >= 0.6 is 11.3 Å². The molecule has 0 spiro atoms. The quantitative estimate of drug-likeness (QED) is 0.496. The van der Waals surface area contributed by atoms with Crippen molar-refractivity contribution in [2.75, 3.05) is 17.6 Å². The summed E-state index contributed by atoms with van der Waals surface area (Å²) in [6.07, 6.45) is -4.83. The molecule has 186 valence electrons. The van der Waals surface area contributed by atoms with E-state index in [2.05, 4.69) is 15.0 Å². The number of para-hydroxylation sites is 2. The van der Waals surface area contributed by atoms with Crippen LogP contribution in [0.25, 0.3) is 10.2 Å². The average molecular weight is 509 g/mol. The van der Waals surface area contributed by atoms with Gasteiger partial charge in [0.2, 0.25) is 0 Å². The van der Waals surface area contributed by atoms with E-state index >= 15 is 0 Å². The summed E-state index contributed by atoms with van der Waals surface area (Å²) in [5.41, 5.74) is 7.20. The Hall–Kier alpha value is -3.54. The minimum Gasteiger partial charge on any atom is -0.444 e. The van der Waals surface area contributed by atoms with Gasteiger partial charge in [0.1, 0.15) is 15.3 Å². The maximum Gasteiger partial charge on any atom is 0.573 e. The fourth-order valence-electron chi connectivity index (χ4n) is 3.61. The summed E-state index contributed by atoms with van der Waals surface area (Å²) < 4.78 is 47.5. The van der Waals surface area contributed by atoms with E-state index in [-0.39, 0.29) is 22.8 Å². The Morgan fingerprint density at radius 3 is 2.60 bits per heavy atom. The number of rotatable bonds is 3. The van der Waals surface area contributed by atoms with E-state index in [1.165, 1.54) is 18.2 Å². The van der Waals surface area contributed by atoms with Crippen LogP contribution in [0.15, 0.2) is 30.3 Å². The molecule has 0 unspecified atom stereocenters. The molecule has 0 fully saturated rings. The van der Waals surface area contributed by atoms with Gasteiger partial charge in [-0.05, 0) is 44.5 Å². The van der Waals surface area contributed by atoms with E-state index in [1.807, 2.05) is 0 Å². The zero-order chi connectivity index (χ0) is 25.5. The lowest BCUT2D eigenvalue weighted by Crippen LogP contribution is -2.40. The number of carbonyl (C=O) groups excluding carboxylic acids is 2. The number of benzene rings is 1. The molecule has 3 aromatic rings. The Morgan fingerprint density at radius 2 is 1.91 bits per heavy atom. The number of nitrogens with zero attached hydrogens (tertiary/aromatic N) is 2. The lowest BCUT2D eigenvalue weighted by molar-refractivity contribution is -0.274. The smallest absolute Gasteiger partial charge is 0.444 e. The third-order valence-corrected chi connectivity index (χ3v) is 6.20. The van der Waals surface area contributed by atoms with Gasteiger partial charge in [-0.25, -0.2) is 9.78 Å². The van der Waals surface area contributed by atoms with Crippen molar-refractivity contribution in [1.29, 1.82) is 0 Å². The SMILES string of the molecule is CC(C)(C)OC(=O)N1CCc2nc3sc(C(=O)Nc4ccccc4OC(F)(F)F)c(N)c3cc2C1. The first-order valence-electron chi connectivity index (χ1n) is 10.7. The second-order valence-corrected chi connectivity index (χ2v) is 9.94. The molecule has 0 saturated heterocycles. The molecule has 2 aromatic heterocycles. The number of anilines is 2. The number of pyridine rings is 1. The van der Waals surface area contributed by atoms with Gasteiger partial charge in [0.05, 0.1) is 17.9 Å². The van der Waals surface area contributed by atoms with E-state index in [1.54, 1.807) is 31.7 Å². The second kappa shape index (κ2) is 8.91. The molecular formula is C23H23F3N4O4S. The van der Waals surface area contributed by atoms with Crippen LogP contribution < -0.4 is 15.8 Å². The Labute approximate surface area is 202 Å². The van der Waals surface area contributed by atoms with E-state index in [9.17, 15) is 22.8 Å². The lowest BCUT2D eigenvalue weighted by atomic mass is 10.0. The van der Waals surface area contributed by atoms with Crippen LogP contribution in [0.2, 0.25) is 0 Å². The second-order valence-electron chi connectivity index (χ2n) is 8.94. The number of amides is 2. The highest BCUT2D eigenvalue weighted by Gasteiger charge is 2.33. The Balaban J connectivity index is 1.59. The van der Waals surface area contributed by atoms with Crippen LogP contribution in [0.5, 0.6) is 5.75 Å². The monoisotopic (exact) mass is 508 g/mol. The Bertz CT molecular complexity index is 1300. The summed E-state index contributed by atoms with van der Waals surface area (Å²) in [6, 6.07) is 7.02. The van der Waals surface area contributed by atoms with Gasteiger partial charge in [-0.2, -0.15) is 0 Å². The van der Waals surface area contributed by atoms with Gasteiger partial charge in [0.15, 0.2) is 5.75 Å². The molecule has 0 atom stereocenters. The number of halogens is 3. The topological polar surface area (TPSA) is 107 Å². The Kier molecular flexibility index (Phi) is 6.26. The fraction of sp³-hybridized carbons (Fsp3) is 0.348. The maximum absolute atomic E-state index is 12.9. The number of hydrogen-bond acceptors (Lipinski definition) is 7. The largest absolute Gasteiger partial charge is 0.573 e. The fourth-order valence-corrected chi connectivity index (χ4v) is 4.60. The number of nitrogens with two attached hydrogens (primary N) is 1. The number of fused-ring (bicyclic) bond motifs is 2. The van der Waals surface area contributed by atoms with Gasteiger partial charge in [0.25, 0.3) is 5.91 Å². The number of thiophene rings is 1. The van der Waals surface area contributed by atoms with Gasteiger partial charge >= 0.3 is 12.5 Å². The zero-order valence-electron chi connectivity index (χ0n) is 19.2. The van der Waals surface area contributed by atoms with Crippen molar-refractivity contribution in [1.82, 2.24) is 9.88 Å². The number of alkyl halides is 3. The van der Waals surface area contributed by atoms with Crippen LogP contribution in [-0.2, 0) is 17.7 Å². The predicted octanol–water partition coefficient (Wildman–Crippen LogP) is 5.32. The molecule has 2 amide bonds. The minimum absolute atomic E-state index is 0.112. The molecule has 1 aromatic carbocycles. The van der Waals surface area contributed by atoms with Crippen molar-refractivity contribution in [3.05, 3.63) is 46.5 Å². The third-order valence-electron chi connectivity index (χ3n) is 5.09. The lowest BCUT2D eigenvalue weighted by Gasteiger charge is -2.30. The molecule has 35 heavy (non-hydrogen) atoms. The van der Waals surface area contributed by atoms with Crippen LogP contribution in [0, 0.1) is 0 Å². The minimum atomic E-state index is -4.91. The van der Waals surface area contributed by atoms with Crippen LogP contribution in [-0.4, -0.2) is 40.4 Å². The van der Waals surface area contributed by atoms with Crippen molar-refractivity contribution in [2.24, 2.45) is 0 Å². The number of ether oxygens (including phenoxy) is 2. The number of nitrogens with one attached hydrogen (secondary N) is 1. The molecule has 0 radical (unpaired) electrons. The van der Waals surface area contributed by atoms with Crippen molar-refractivity contribution >= 4 is 44.9 Å². The van der Waals surface area contributed by atoms with Crippen molar-refractivity contribution in [2.45, 2.75) is 45.7 Å². The first-order chi connectivity index (χ1) is 16.3. The molecule has 0 saturated carbocycles. The van der Waals surface area contributed by atoms with Crippen molar-refractivity contribution < 1.29 is 32.2 Å². The predicted molar refractivity (Wildman–Crippen MR) is 125 cm³/mol. The molecule has 0 aliphatic carbocycles. The summed E-state index contributed by atoms with van der Waals surface area (Å²) in [5.74, 6) is -1.22. The van der Waals surface area contributed by atoms with Gasteiger partial charge in [-0.3, -0.25) is 4.79 Å². The van der Waals surface area contributed by atoms with Gasteiger partial charge in [0, 0.05) is 24.0 Å². The molecule has 1 aliphatic heterocycles. The van der Waals surface area contributed by atoms with Gasteiger partial charge in [-0.1, -0.05) is 12.1 Å². The van der Waals surface area contributed by atoms with E-state index in [0.29, 0.717) is 23.2 Å². The van der Waals surface area contributed by atoms with Crippen molar-refractivity contribution in [3.8, 4) is 5.75 Å².